The summed E-state index contributed by atoms with van der Waals surface area (Å²) in [5.41, 5.74) is -0.0582. The van der Waals surface area contributed by atoms with E-state index in [-0.39, 0.29) is 17.2 Å². The highest BCUT2D eigenvalue weighted by Gasteiger charge is 2.32. The van der Waals surface area contributed by atoms with Crippen LogP contribution in [-0.2, 0) is 9.59 Å². The average Bonchev–Trinajstić information content (AvgIpc) is 2.75. The van der Waals surface area contributed by atoms with E-state index in [0.29, 0.717) is 0 Å². The van der Waals surface area contributed by atoms with Gasteiger partial charge in [0.15, 0.2) is 22.6 Å². The minimum Gasteiger partial charge on any atom is -0.481 e. The van der Waals surface area contributed by atoms with Crippen LogP contribution in [-0.4, -0.2) is 33.6 Å². The molecule has 2 N–H and O–H groups in total. The van der Waals surface area contributed by atoms with Gasteiger partial charge >= 0.3 is 5.97 Å². The Labute approximate surface area is 126 Å². The Balaban J connectivity index is 2.06. The zero-order valence-corrected chi connectivity index (χ0v) is 11.5. The maximum Gasteiger partial charge on any atom is 0.305 e. The summed E-state index contributed by atoms with van der Waals surface area (Å²) < 4.78 is 38.7. The van der Waals surface area contributed by atoms with Crippen molar-refractivity contribution in [3.63, 3.8) is 0 Å². The molecule has 116 valence electrons. The quantitative estimate of drug-likeness (QED) is 0.497. The summed E-state index contributed by atoms with van der Waals surface area (Å²) in [6.07, 6.45) is 0.601. The van der Waals surface area contributed by atoms with E-state index in [0.717, 1.165) is 30.1 Å². The van der Waals surface area contributed by atoms with Crippen LogP contribution in [0.3, 0.4) is 0 Å². The van der Waals surface area contributed by atoms with Gasteiger partial charge in [0.25, 0.3) is 0 Å². The van der Waals surface area contributed by atoms with E-state index in [2.05, 4.69) is 15.5 Å². The molecule has 1 saturated heterocycles. The molecule has 0 aliphatic carbocycles. The summed E-state index contributed by atoms with van der Waals surface area (Å²) in [7, 11) is 0. The van der Waals surface area contributed by atoms with Crippen molar-refractivity contribution in [1.29, 1.82) is 0 Å². The Morgan fingerprint density at radius 2 is 2.00 bits per heavy atom. The number of thioether (sulfide) groups is 1. The molecule has 22 heavy (non-hydrogen) atoms. The highest BCUT2D eigenvalue weighted by Crippen LogP contribution is 2.22. The molecule has 0 spiro atoms. The molecule has 1 aromatic rings. The maximum atomic E-state index is 13.0. The summed E-state index contributed by atoms with van der Waals surface area (Å²) in [6.45, 7) is 0. The Bertz CT molecular complexity index is 670. The zero-order chi connectivity index (χ0) is 16.3. The molecular weight excluding hydrogens is 323 g/mol. The van der Waals surface area contributed by atoms with Gasteiger partial charge in [-0.2, -0.15) is 5.10 Å². The maximum absolute atomic E-state index is 13.0. The highest BCUT2D eigenvalue weighted by molar-refractivity contribution is 8.15. The molecule has 2 rings (SSSR count). The SMILES string of the molecule is O=C(O)CC1SC(=NN=Cc2cc(F)c(F)c(F)c2)NC1=O. The normalized spacial score (nSPS) is 19.9. The molecule has 1 fully saturated rings. The van der Waals surface area contributed by atoms with Gasteiger partial charge in [0.2, 0.25) is 5.91 Å². The largest absolute Gasteiger partial charge is 0.481 e. The van der Waals surface area contributed by atoms with Crippen molar-refractivity contribution in [1.82, 2.24) is 5.32 Å². The number of halogens is 3. The molecule has 6 nitrogen and oxygen atoms in total. The van der Waals surface area contributed by atoms with E-state index in [1.54, 1.807) is 0 Å². The van der Waals surface area contributed by atoms with Crippen molar-refractivity contribution in [3.05, 3.63) is 35.1 Å². The number of rotatable bonds is 4. The first kappa shape index (κ1) is 16.0. The zero-order valence-electron chi connectivity index (χ0n) is 10.7. The molecule has 1 amide bonds. The van der Waals surface area contributed by atoms with Crippen molar-refractivity contribution in [3.8, 4) is 0 Å². The first-order chi connectivity index (χ1) is 10.4. The lowest BCUT2D eigenvalue weighted by atomic mass is 10.2. The minimum atomic E-state index is -1.58. The van der Waals surface area contributed by atoms with Crippen LogP contribution in [0.1, 0.15) is 12.0 Å². The molecule has 1 atom stereocenters. The van der Waals surface area contributed by atoms with E-state index in [1.807, 2.05) is 0 Å². The number of aliphatic carboxylic acids is 1. The number of carboxylic acids is 1. The summed E-state index contributed by atoms with van der Waals surface area (Å²) in [4.78, 5) is 21.9. The van der Waals surface area contributed by atoms with Gasteiger partial charge in [-0.3, -0.25) is 9.59 Å². The molecule has 1 aliphatic heterocycles. The smallest absolute Gasteiger partial charge is 0.305 e. The molecule has 0 radical (unpaired) electrons. The topological polar surface area (TPSA) is 91.1 Å². The second kappa shape index (κ2) is 6.60. The van der Waals surface area contributed by atoms with E-state index < -0.39 is 34.6 Å². The van der Waals surface area contributed by atoms with Crippen LogP contribution in [0.2, 0.25) is 0 Å². The number of carbonyl (C=O) groups excluding carboxylic acids is 1. The average molecular weight is 331 g/mol. The monoisotopic (exact) mass is 331 g/mol. The van der Waals surface area contributed by atoms with Gasteiger partial charge in [-0.25, -0.2) is 13.2 Å². The number of hydrogen-bond acceptors (Lipinski definition) is 5. The van der Waals surface area contributed by atoms with Crippen LogP contribution < -0.4 is 5.32 Å². The lowest BCUT2D eigenvalue weighted by molar-refractivity contribution is -0.138. The number of nitrogens with zero attached hydrogens (tertiary/aromatic N) is 2. The van der Waals surface area contributed by atoms with Crippen LogP contribution in [0.25, 0.3) is 0 Å². The van der Waals surface area contributed by atoms with E-state index >= 15 is 0 Å². The molecule has 0 aromatic heterocycles. The van der Waals surface area contributed by atoms with Crippen LogP contribution >= 0.6 is 11.8 Å². The third-order valence-electron chi connectivity index (χ3n) is 2.50. The van der Waals surface area contributed by atoms with Crippen LogP contribution in [0.15, 0.2) is 22.3 Å². The fraction of sp³-hybridized carbons (Fsp3) is 0.167. The lowest BCUT2D eigenvalue weighted by Crippen LogP contribution is -2.26. The molecular formula is C12H8F3N3O3S. The molecule has 1 heterocycles. The number of benzene rings is 1. The third-order valence-corrected chi connectivity index (χ3v) is 3.57. The Morgan fingerprint density at radius 1 is 1.36 bits per heavy atom. The second-order valence-electron chi connectivity index (χ2n) is 4.14. The van der Waals surface area contributed by atoms with Crippen LogP contribution in [0.4, 0.5) is 13.2 Å². The van der Waals surface area contributed by atoms with Crippen molar-refractivity contribution in [2.45, 2.75) is 11.7 Å². The van der Waals surface area contributed by atoms with Crippen LogP contribution in [0.5, 0.6) is 0 Å². The molecule has 1 aliphatic rings. The molecule has 10 heteroatoms. The first-order valence-corrected chi connectivity index (χ1v) is 6.69. The van der Waals surface area contributed by atoms with Gasteiger partial charge in [0.1, 0.15) is 5.25 Å². The standard InChI is InChI=1S/C12H8F3N3O3S/c13-6-1-5(2-7(14)10(6)15)4-16-18-12-17-11(21)8(22-12)3-9(19)20/h1-2,4,8H,3H2,(H,19,20)(H,17,18,21). The molecule has 0 bridgehead atoms. The van der Waals surface area contributed by atoms with E-state index in [1.165, 1.54) is 0 Å². The van der Waals surface area contributed by atoms with Crippen LogP contribution in [0, 0.1) is 17.5 Å². The van der Waals surface area contributed by atoms with E-state index in [4.69, 9.17) is 5.11 Å². The predicted octanol–water partition coefficient (Wildman–Crippen LogP) is 1.50. The first-order valence-electron chi connectivity index (χ1n) is 5.81. The second-order valence-corrected chi connectivity index (χ2v) is 5.33. The number of hydrogen-bond donors (Lipinski definition) is 2. The number of amidine groups is 1. The van der Waals surface area contributed by atoms with Gasteiger partial charge in [0, 0.05) is 5.56 Å². The number of carboxylic acid groups (broad SMARTS) is 1. The summed E-state index contributed by atoms with van der Waals surface area (Å²) in [5, 5.41) is 17.3. The number of carbonyl (C=O) groups is 2. The Hall–Kier alpha value is -2.36. The number of nitrogens with one attached hydrogen (secondary N) is 1. The fourth-order valence-corrected chi connectivity index (χ4v) is 2.46. The minimum absolute atomic E-state index is 0.0582. The van der Waals surface area contributed by atoms with Gasteiger partial charge in [-0.15, -0.1) is 5.10 Å². The predicted molar refractivity (Wildman–Crippen MR) is 73.1 cm³/mol. The summed E-state index contributed by atoms with van der Waals surface area (Å²) in [5.74, 6) is -5.95. The molecule has 0 saturated carbocycles. The van der Waals surface area contributed by atoms with Crippen molar-refractivity contribution in [2.75, 3.05) is 0 Å². The van der Waals surface area contributed by atoms with Crippen molar-refractivity contribution in [2.24, 2.45) is 10.2 Å². The fourth-order valence-electron chi connectivity index (χ4n) is 1.54. The van der Waals surface area contributed by atoms with Gasteiger partial charge in [-0.1, -0.05) is 11.8 Å². The van der Waals surface area contributed by atoms with Crippen molar-refractivity contribution >= 4 is 35.0 Å². The summed E-state index contributed by atoms with van der Waals surface area (Å²) >= 11 is 0.878. The summed E-state index contributed by atoms with van der Waals surface area (Å²) in [6, 6.07) is 1.46. The van der Waals surface area contributed by atoms with Gasteiger partial charge < -0.3 is 10.4 Å². The lowest BCUT2D eigenvalue weighted by Gasteiger charge is -1.98. The van der Waals surface area contributed by atoms with Gasteiger partial charge in [0.05, 0.1) is 12.6 Å². The van der Waals surface area contributed by atoms with Crippen molar-refractivity contribution < 1.29 is 27.9 Å². The number of amides is 1. The molecule has 1 unspecified atom stereocenters. The third kappa shape index (κ3) is 3.85. The molecule has 1 aromatic carbocycles. The van der Waals surface area contributed by atoms with Gasteiger partial charge in [-0.05, 0) is 12.1 Å². The Kier molecular flexibility index (Phi) is 4.81. The van der Waals surface area contributed by atoms with E-state index in [9.17, 15) is 22.8 Å². The highest BCUT2D eigenvalue weighted by atomic mass is 32.2. The Morgan fingerprint density at radius 3 is 2.59 bits per heavy atom.